The van der Waals surface area contributed by atoms with E-state index in [1.807, 2.05) is 18.2 Å². The van der Waals surface area contributed by atoms with Crippen LogP contribution in [0.2, 0.25) is 0 Å². The van der Waals surface area contributed by atoms with Crippen LogP contribution in [-0.2, 0) is 5.75 Å². The highest BCUT2D eigenvalue weighted by atomic mass is 32.1. The molecule has 0 amide bonds. The van der Waals surface area contributed by atoms with Gasteiger partial charge in [-0.3, -0.25) is 0 Å². The summed E-state index contributed by atoms with van der Waals surface area (Å²) in [6, 6.07) is 10.2. The Labute approximate surface area is 93.0 Å². The van der Waals surface area contributed by atoms with Crippen LogP contribution in [0.15, 0.2) is 35.7 Å². The third-order valence-corrected chi connectivity index (χ3v) is 3.67. The lowest BCUT2D eigenvalue weighted by Gasteiger charge is -2.00. The molecule has 0 aliphatic heterocycles. The van der Waals surface area contributed by atoms with Gasteiger partial charge in [0.15, 0.2) is 0 Å². The SMILES string of the molecule is Nc1c(-c2ccccc2)csc1CS. The van der Waals surface area contributed by atoms with Crippen molar-refractivity contribution in [3.05, 3.63) is 40.6 Å². The number of thiol groups is 1. The van der Waals surface area contributed by atoms with E-state index < -0.39 is 0 Å². The van der Waals surface area contributed by atoms with Crippen molar-refractivity contribution in [1.29, 1.82) is 0 Å². The monoisotopic (exact) mass is 221 g/mol. The fraction of sp³-hybridized carbons (Fsp3) is 0.0909. The van der Waals surface area contributed by atoms with Crippen LogP contribution in [0.1, 0.15) is 4.88 Å². The lowest BCUT2D eigenvalue weighted by Crippen LogP contribution is -1.88. The zero-order valence-electron chi connectivity index (χ0n) is 7.60. The van der Waals surface area contributed by atoms with Gasteiger partial charge < -0.3 is 5.73 Å². The zero-order valence-corrected chi connectivity index (χ0v) is 9.31. The van der Waals surface area contributed by atoms with Gasteiger partial charge >= 0.3 is 0 Å². The molecule has 72 valence electrons. The van der Waals surface area contributed by atoms with Crippen molar-refractivity contribution < 1.29 is 0 Å². The van der Waals surface area contributed by atoms with E-state index in [0.717, 1.165) is 16.1 Å². The van der Waals surface area contributed by atoms with Crippen LogP contribution in [0, 0.1) is 0 Å². The van der Waals surface area contributed by atoms with Gasteiger partial charge in [0.25, 0.3) is 0 Å². The van der Waals surface area contributed by atoms with E-state index in [2.05, 4.69) is 30.1 Å². The molecular weight excluding hydrogens is 210 g/mol. The normalized spacial score (nSPS) is 10.4. The van der Waals surface area contributed by atoms with Crippen LogP contribution in [0.4, 0.5) is 5.69 Å². The minimum Gasteiger partial charge on any atom is -0.397 e. The van der Waals surface area contributed by atoms with Gasteiger partial charge in [0.2, 0.25) is 0 Å². The van der Waals surface area contributed by atoms with Gasteiger partial charge in [-0.15, -0.1) is 11.3 Å². The topological polar surface area (TPSA) is 26.0 Å². The van der Waals surface area contributed by atoms with E-state index in [1.165, 1.54) is 5.56 Å². The van der Waals surface area contributed by atoms with Gasteiger partial charge in [-0.2, -0.15) is 12.6 Å². The lowest BCUT2D eigenvalue weighted by atomic mass is 10.1. The van der Waals surface area contributed by atoms with Crippen molar-refractivity contribution in [3.63, 3.8) is 0 Å². The summed E-state index contributed by atoms with van der Waals surface area (Å²) in [5, 5.41) is 2.09. The molecule has 0 aliphatic rings. The second-order valence-electron chi connectivity index (χ2n) is 3.01. The van der Waals surface area contributed by atoms with Crippen molar-refractivity contribution >= 4 is 29.7 Å². The molecule has 0 unspecified atom stereocenters. The summed E-state index contributed by atoms with van der Waals surface area (Å²) in [5.74, 6) is 0.712. The molecule has 1 nitrogen and oxygen atoms in total. The molecule has 2 aromatic rings. The smallest absolute Gasteiger partial charge is 0.0543 e. The lowest BCUT2D eigenvalue weighted by molar-refractivity contribution is 1.55. The van der Waals surface area contributed by atoms with Crippen LogP contribution < -0.4 is 5.73 Å². The quantitative estimate of drug-likeness (QED) is 0.747. The van der Waals surface area contributed by atoms with Crippen LogP contribution in [0.25, 0.3) is 11.1 Å². The van der Waals surface area contributed by atoms with Crippen molar-refractivity contribution in [2.45, 2.75) is 5.75 Å². The Morgan fingerprint density at radius 3 is 2.50 bits per heavy atom. The molecule has 0 aliphatic carbocycles. The van der Waals surface area contributed by atoms with Gasteiger partial charge in [0.05, 0.1) is 5.69 Å². The van der Waals surface area contributed by atoms with E-state index in [1.54, 1.807) is 11.3 Å². The highest BCUT2D eigenvalue weighted by Gasteiger charge is 2.08. The number of hydrogen-bond donors (Lipinski definition) is 2. The molecule has 1 heterocycles. The van der Waals surface area contributed by atoms with Crippen LogP contribution in [0.3, 0.4) is 0 Å². The van der Waals surface area contributed by atoms with Gasteiger partial charge in [0.1, 0.15) is 0 Å². The molecule has 14 heavy (non-hydrogen) atoms. The van der Waals surface area contributed by atoms with E-state index in [4.69, 9.17) is 5.73 Å². The Hall–Kier alpha value is -0.930. The average molecular weight is 221 g/mol. The molecule has 0 saturated heterocycles. The van der Waals surface area contributed by atoms with E-state index in [9.17, 15) is 0 Å². The average Bonchev–Trinajstić information content (AvgIpc) is 2.61. The van der Waals surface area contributed by atoms with Crippen LogP contribution >= 0.6 is 24.0 Å². The maximum atomic E-state index is 6.01. The fourth-order valence-electron chi connectivity index (χ4n) is 1.37. The van der Waals surface area contributed by atoms with Gasteiger partial charge in [-0.05, 0) is 5.56 Å². The largest absolute Gasteiger partial charge is 0.397 e. The molecule has 0 atom stereocenters. The van der Waals surface area contributed by atoms with Crippen molar-refractivity contribution in [2.75, 3.05) is 5.73 Å². The number of benzene rings is 1. The van der Waals surface area contributed by atoms with Gasteiger partial charge in [0, 0.05) is 21.6 Å². The third kappa shape index (κ3) is 1.65. The summed E-state index contributed by atoms with van der Waals surface area (Å²) in [4.78, 5) is 1.15. The minimum atomic E-state index is 0.712. The number of anilines is 1. The van der Waals surface area contributed by atoms with Crippen molar-refractivity contribution in [2.24, 2.45) is 0 Å². The molecule has 0 fully saturated rings. The molecular formula is C11H11NS2. The molecule has 1 aromatic heterocycles. The van der Waals surface area contributed by atoms with Gasteiger partial charge in [-0.1, -0.05) is 30.3 Å². The highest BCUT2D eigenvalue weighted by molar-refractivity contribution is 7.79. The summed E-state index contributed by atoms with van der Waals surface area (Å²) in [6.45, 7) is 0. The summed E-state index contributed by atoms with van der Waals surface area (Å²) < 4.78 is 0. The van der Waals surface area contributed by atoms with E-state index >= 15 is 0 Å². The molecule has 3 heteroatoms. The first-order valence-electron chi connectivity index (χ1n) is 4.35. The zero-order chi connectivity index (χ0) is 9.97. The number of rotatable bonds is 2. The molecule has 0 bridgehead atoms. The summed E-state index contributed by atoms with van der Waals surface area (Å²) >= 11 is 5.91. The first kappa shape index (κ1) is 9.62. The molecule has 2 N–H and O–H groups in total. The Morgan fingerprint density at radius 2 is 1.93 bits per heavy atom. The van der Waals surface area contributed by atoms with E-state index in [0.29, 0.717) is 5.75 Å². The number of thiophene rings is 1. The Kier molecular flexibility index (Phi) is 2.79. The molecule has 0 radical (unpaired) electrons. The van der Waals surface area contributed by atoms with Crippen molar-refractivity contribution in [1.82, 2.24) is 0 Å². The molecule has 0 spiro atoms. The fourth-order valence-corrected chi connectivity index (χ4v) is 2.60. The first-order valence-corrected chi connectivity index (χ1v) is 5.86. The minimum absolute atomic E-state index is 0.712. The Morgan fingerprint density at radius 1 is 1.21 bits per heavy atom. The Bertz CT molecular complexity index is 420. The molecule has 0 saturated carbocycles. The predicted molar refractivity (Wildman–Crippen MR) is 66.9 cm³/mol. The third-order valence-electron chi connectivity index (χ3n) is 2.14. The van der Waals surface area contributed by atoms with Gasteiger partial charge in [-0.25, -0.2) is 0 Å². The number of nitrogens with two attached hydrogens (primary N) is 1. The van der Waals surface area contributed by atoms with E-state index in [-0.39, 0.29) is 0 Å². The summed E-state index contributed by atoms with van der Waals surface area (Å²) in [5.41, 5.74) is 9.18. The predicted octanol–water partition coefficient (Wildman–Crippen LogP) is 3.43. The maximum absolute atomic E-state index is 6.01. The second kappa shape index (κ2) is 4.07. The standard InChI is InChI=1S/C11H11NS2/c12-11-9(7-14-10(11)6-13)8-4-2-1-3-5-8/h1-5,7,13H,6,12H2. The van der Waals surface area contributed by atoms with Crippen LogP contribution in [-0.4, -0.2) is 0 Å². The molecule has 1 aromatic carbocycles. The van der Waals surface area contributed by atoms with Crippen LogP contribution in [0.5, 0.6) is 0 Å². The maximum Gasteiger partial charge on any atom is 0.0543 e. The van der Waals surface area contributed by atoms with Crippen molar-refractivity contribution in [3.8, 4) is 11.1 Å². The number of nitrogen functional groups attached to an aromatic ring is 1. The highest BCUT2D eigenvalue weighted by Crippen LogP contribution is 2.34. The summed E-state index contributed by atoms with van der Waals surface area (Å²) in [7, 11) is 0. The number of hydrogen-bond acceptors (Lipinski definition) is 3. The molecule has 2 rings (SSSR count). The Balaban J connectivity index is 2.48. The second-order valence-corrected chi connectivity index (χ2v) is 4.29. The summed E-state index contributed by atoms with van der Waals surface area (Å²) in [6.07, 6.45) is 0. The first-order chi connectivity index (χ1) is 6.83.